The summed E-state index contributed by atoms with van der Waals surface area (Å²) in [4.78, 5) is 26.5. The summed E-state index contributed by atoms with van der Waals surface area (Å²) in [5.74, 6) is 1.08. The highest BCUT2D eigenvalue weighted by atomic mass is 32.2. The molecule has 142 valence electrons. The van der Waals surface area contributed by atoms with Crippen molar-refractivity contribution >= 4 is 29.1 Å². The summed E-state index contributed by atoms with van der Waals surface area (Å²) < 4.78 is 15.8. The molecule has 0 unspecified atom stereocenters. The van der Waals surface area contributed by atoms with Gasteiger partial charge in [-0.05, 0) is 36.8 Å². The lowest BCUT2D eigenvalue weighted by molar-refractivity contribution is 0.0423. The Balaban J connectivity index is 1.52. The Morgan fingerprint density at radius 3 is 2.82 bits per heavy atom. The number of esters is 1. The molecule has 0 amide bonds. The van der Waals surface area contributed by atoms with Gasteiger partial charge in [0.05, 0.1) is 16.8 Å². The van der Waals surface area contributed by atoms with Gasteiger partial charge >= 0.3 is 5.97 Å². The summed E-state index contributed by atoms with van der Waals surface area (Å²) in [5, 5.41) is 6.32. The van der Waals surface area contributed by atoms with Crippen LogP contribution < -0.4 is 0 Å². The molecule has 4 aromatic heterocycles. The number of aryl methyl sites for hydroxylation is 1. The van der Waals surface area contributed by atoms with Crippen LogP contribution in [0.25, 0.3) is 22.3 Å². The molecule has 0 aliphatic rings. The Labute approximate surface area is 168 Å². The fourth-order valence-electron chi connectivity index (χ4n) is 2.46. The van der Waals surface area contributed by atoms with Crippen molar-refractivity contribution in [1.82, 2.24) is 20.1 Å². The largest absolute Gasteiger partial charge is 0.461 e. The van der Waals surface area contributed by atoms with Gasteiger partial charge in [-0.15, -0.1) is 23.1 Å². The first-order valence-corrected chi connectivity index (χ1v) is 10.3. The number of ether oxygens (including phenoxy) is 1. The molecule has 0 aliphatic carbocycles. The van der Waals surface area contributed by atoms with E-state index in [1.54, 1.807) is 25.3 Å². The minimum absolute atomic E-state index is 0.135. The van der Waals surface area contributed by atoms with E-state index >= 15 is 0 Å². The van der Waals surface area contributed by atoms with Crippen LogP contribution in [-0.2, 0) is 11.3 Å². The molecule has 0 fully saturated rings. The third-order valence-electron chi connectivity index (χ3n) is 3.73. The Kier molecular flexibility index (Phi) is 5.22. The summed E-state index contributed by atoms with van der Waals surface area (Å²) in [7, 11) is 0. The fourth-order valence-corrected chi connectivity index (χ4v) is 3.73. The van der Waals surface area contributed by atoms with Gasteiger partial charge in [0.25, 0.3) is 5.89 Å². The first-order chi connectivity index (χ1) is 13.7. The molecule has 0 N–H and O–H groups in total. The van der Waals surface area contributed by atoms with Crippen LogP contribution in [0.15, 0.2) is 49.9 Å². The number of rotatable bonds is 6. The molecule has 4 heterocycles. The van der Waals surface area contributed by atoms with Gasteiger partial charge in [-0.25, -0.2) is 14.8 Å². The molecular formula is C18H14N4O4S2. The van der Waals surface area contributed by atoms with E-state index in [4.69, 9.17) is 13.7 Å². The van der Waals surface area contributed by atoms with Crippen LogP contribution in [0.5, 0.6) is 0 Å². The standard InChI is InChI=1S/C18H14N4O4S2/c1-10-14(17(27-2)21-15(19-10)11-5-3-7-24-11)18(23)25-9-13-20-16(22-26-13)12-6-4-8-28-12/h3-8H,9H2,1-2H3. The van der Waals surface area contributed by atoms with Crippen LogP contribution in [-0.4, -0.2) is 32.3 Å². The molecule has 0 saturated heterocycles. The zero-order valence-electron chi connectivity index (χ0n) is 14.9. The zero-order valence-corrected chi connectivity index (χ0v) is 16.5. The molecule has 8 nitrogen and oxygen atoms in total. The fraction of sp³-hybridized carbons (Fsp3) is 0.167. The van der Waals surface area contributed by atoms with Crippen LogP contribution in [0.4, 0.5) is 0 Å². The Morgan fingerprint density at radius 1 is 1.21 bits per heavy atom. The van der Waals surface area contributed by atoms with E-state index in [0.29, 0.717) is 33.7 Å². The van der Waals surface area contributed by atoms with Crippen molar-refractivity contribution in [1.29, 1.82) is 0 Å². The van der Waals surface area contributed by atoms with Crippen LogP contribution >= 0.6 is 23.1 Å². The highest BCUT2D eigenvalue weighted by Crippen LogP contribution is 2.26. The number of thioether (sulfide) groups is 1. The van der Waals surface area contributed by atoms with E-state index in [2.05, 4.69) is 20.1 Å². The molecule has 4 aromatic rings. The van der Waals surface area contributed by atoms with Gasteiger partial charge in [0.2, 0.25) is 5.82 Å². The number of carbonyl (C=O) groups excluding carboxylic acids is 1. The topological polar surface area (TPSA) is 104 Å². The van der Waals surface area contributed by atoms with E-state index in [0.717, 1.165) is 4.88 Å². The maximum absolute atomic E-state index is 12.6. The summed E-state index contributed by atoms with van der Waals surface area (Å²) in [6, 6.07) is 7.30. The van der Waals surface area contributed by atoms with E-state index in [1.165, 1.54) is 23.1 Å². The molecule has 28 heavy (non-hydrogen) atoms. The van der Waals surface area contributed by atoms with Gasteiger partial charge in [-0.1, -0.05) is 11.2 Å². The Hall–Kier alpha value is -2.98. The molecule has 0 aliphatic heterocycles. The summed E-state index contributed by atoms with van der Waals surface area (Å²) in [6.07, 6.45) is 3.37. The molecule has 4 rings (SSSR count). The first kappa shape index (κ1) is 18.4. The number of hydrogen-bond acceptors (Lipinski definition) is 10. The third kappa shape index (κ3) is 3.69. The van der Waals surface area contributed by atoms with Crippen molar-refractivity contribution in [2.45, 2.75) is 18.6 Å². The molecule has 10 heteroatoms. The normalized spacial score (nSPS) is 10.9. The van der Waals surface area contributed by atoms with Gasteiger partial charge in [0.15, 0.2) is 18.2 Å². The van der Waals surface area contributed by atoms with Crippen LogP contribution in [0.2, 0.25) is 0 Å². The number of aromatic nitrogens is 4. The number of nitrogens with zero attached hydrogens (tertiary/aromatic N) is 4. The van der Waals surface area contributed by atoms with Crippen molar-refractivity contribution in [3.63, 3.8) is 0 Å². The van der Waals surface area contributed by atoms with Gasteiger partial charge in [-0.2, -0.15) is 4.98 Å². The monoisotopic (exact) mass is 414 g/mol. The van der Waals surface area contributed by atoms with Crippen LogP contribution in [0.3, 0.4) is 0 Å². The molecular weight excluding hydrogens is 400 g/mol. The maximum atomic E-state index is 12.6. The van der Waals surface area contributed by atoms with E-state index in [-0.39, 0.29) is 12.5 Å². The van der Waals surface area contributed by atoms with E-state index in [1.807, 2.05) is 23.8 Å². The second-order valence-electron chi connectivity index (χ2n) is 5.56. The molecule has 0 bridgehead atoms. The first-order valence-electron chi connectivity index (χ1n) is 8.16. The minimum Gasteiger partial charge on any atom is -0.461 e. The van der Waals surface area contributed by atoms with Crippen LogP contribution in [0.1, 0.15) is 21.9 Å². The van der Waals surface area contributed by atoms with Crippen molar-refractivity contribution in [3.05, 3.63) is 53.1 Å². The molecule has 0 aromatic carbocycles. The summed E-state index contributed by atoms with van der Waals surface area (Å²) >= 11 is 2.83. The second kappa shape index (κ2) is 7.95. The highest BCUT2D eigenvalue weighted by Gasteiger charge is 2.22. The van der Waals surface area contributed by atoms with Crippen molar-refractivity contribution in [2.75, 3.05) is 6.26 Å². The molecule has 0 atom stereocenters. The lowest BCUT2D eigenvalue weighted by Gasteiger charge is -2.10. The third-order valence-corrected chi connectivity index (χ3v) is 5.28. The Bertz CT molecular complexity index is 1090. The zero-order chi connectivity index (χ0) is 19.5. The van der Waals surface area contributed by atoms with E-state index in [9.17, 15) is 4.79 Å². The minimum atomic E-state index is -0.552. The lowest BCUT2D eigenvalue weighted by Crippen LogP contribution is -2.12. The van der Waals surface area contributed by atoms with Gasteiger partial charge < -0.3 is 13.7 Å². The lowest BCUT2D eigenvalue weighted by atomic mass is 10.2. The summed E-state index contributed by atoms with van der Waals surface area (Å²) in [5.41, 5.74) is 0.807. The molecule has 0 radical (unpaired) electrons. The Morgan fingerprint density at radius 2 is 2.11 bits per heavy atom. The van der Waals surface area contributed by atoms with Gasteiger partial charge in [0, 0.05) is 0 Å². The number of thiophene rings is 1. The molecule has 0 saturated carbocycles. The molecule has 0 spiro atoms. The van der Waals surface area contributed by atoms with Crippen molar-refractivity contribution in [2.24, 2.45) is 0 Å². The van der Waals surface area contributed by atoms with Gasteiger partial charge in [-0.3, -0.25) is 0 Å². The predicted octanol–water partition coefficient (Wildman–Crippen LogP) is 4.24. The second-order valence-corrected chi connectivity index (χ2v) is 7.30. The van der Waals surface area contributed by atoms with Gasteiger partial charge in [0.1, 0.15) is 10.6 Å². The van der Waals surface area contributed by atoms with Crippen molar-refractivity contribution < 1.29 is 18.5 Å². The average molecular weight is 414 g/mol. The predicted molar refractivity (Wildman–Crippen MR) is 103 cm³/mol. The maximum Gasteiger partial charge on any atom is 0.343 e. The quantitative estimate of drug-likeness (QED) is 0.260. The van der Waals surface area contributed by atoms with E-state index < -0.39 is 5.97 Å². The average Bonchev–Trinajstić information content (AvgIpc) is 3.47. The smallest absolute Gasteiger partial charge is 0.343 e. The summed E-state index contributed by atoms with van der Waals surface area (Å²) in [6.45, 7) is 1.59. The number of carbonyl (C=O) groups is 1. The highest BCUT2D eigenvalue weighted by molar-refractivity contribution is 7.98. The van der Waals surface area contributed by atoms with Crippen molar-refractivity contribution in [3.8, 4) is 22.3 Å². The number of furan rings is 1. The van der Waals surface area contributed by atoms with Crippen LogP contribution in [0, 0.1) is 6.92 Å². The SMILES string of the molecule is CSc1nc(-c2ccco2)nc(C)c1C(=O)OCc1nc(-c2cccs2)no1. The number of hydrogen-bond donors (Lipinski definition) is 0.